The van der Waals surface area contributed by atoms with Crippen LogP contribution in [0.5, 0.6) is 5.75 Å². The Bertz CT molecular complexity index is 783. The Kier molecular flexibility index (Phi) is 6.84. The smallest absolute Gasteiger partial charge is 0.267 e. The molecule has 1 aromatic carbocycles. The minimum atomic E-state index is -4.18. The van der Waals surface area contributed by atoms with Crippen LogP contribution in [0.3, 0.4) is 0 Å². The normalized spacial score (nSPS) is 10.7. The van der Waals surface area contributed by atoms with Crippen molar-refractivity contribution in [1.29, 1.82) is 0 Å². The van der Waals surface area contributed by atoms with Gasteiger partial charge in [0.1, 0.15) is 5.75 Å². The van der Waals surface area contributed by atoms with Gasteiger partial charge in [-0.2, -0.15) is 0 Å². The third-order valence-electron chi connectivity index (χ3n) is 3.50. The molecule has 0 atom stereocenters. The topological polar surface area (TPSA) is 92.7 Å². The fourth-order valence-electron chi connectivity index (χ4n) is 2.08. The number of benzene rings is 1. The van der Waals surface area contributed by atoms with Crippen LogP contribution < -0.4 is 10.2 Å². The summed E-state index contributed by atoms with van der Waals surface area (Å²) in [6.45, 7) is 3.07. The Hall–Kier alpha value is -2.48. The number of amides is 1. The van der Waals surface area contributed by atoms with Crippen molar-refractivity contribution < 1.29 is 23.2 Å². The maximum atomic E-state index is 13.1. The van der Waals surface area contributed by atoms with Crippen molar-refractivity contribution in [3.8, 4) is 29.4 Å². The second-order valence-corrected chi connectivity index (χ2v) is 7.08. The van der Waals surface area contributed by atoms with Crippen LogP contribution in [0.15, 0.2) is 29.2 Å². The minimum Gasteiger partial charge on any atom is -0.497 e. The van der Waals surface area contributed by atoms with E-state index >= 15 is 0 Å². The molecule has 0 fully saturated rings. The lowest BCUT2D eigenvalue weighted by Crippen LogP contribution is -2.51. The highest BCUT2D eigenvalue weighted by molar-refractivity contribution is 7.93. The van der Waals surface area contributed by atoms with E-state index in [-0.39, 0.29) is 17.7 Å². The standard InChI is InChI=1S/C17H19NO5S/c1-4-6-12-17(13-7-5-2,16(19)18-20)24(21,22)15-10-8-14(23-3)9-11-15/h8-11,20H,12-13H2,1-3H3,(H,18,19). The van der Waals surface area contributed by atoms with Gasteiger partial charge in [0, 0.05) is 12.8 Å². The van der Waals surface area contributed by atoms with Crippen molar-refractivity contribution >= 4 is 15.7 Å². The van der Waals surface area contributed by atoms with Crippen LogP contribution in [0.25, 0.3) is 0 Å². The fourth-order valence-corrected chi connectivity index (χ4v) is 3.84. The first-order chi connectivity index (χ1) is 11.4. The van der Waals surface area contributed by atoms with Gasteiger partial charge in [-0.05, 0) is 38.1 Å². The number of hydrogen-bond acceptors (Lipinski definition) is 5. The molecule has 7 heteroatoms. The summed E-state index contributed by atoms with van der Waals surface area (Å²) in [4.78, 5) is 12.2. The summed E-state index contributed by atoms with van der Waals surface area (Å²) < 4.78 is 29.2. The Labute approximate surface area is 142 Å². The number of sulfone groups is 1. The number of methoxy groups -OCH3 is 1. The lowest BCUT2D eigenvalue weighted by atomic mass is 10.00. The fraction of sp³-hybridized carbons (Fsp3) is 0.353. The van der Waals surface area contributed by atoms with Crippen LogP contribution in [0.2, 0.25) is 0 Å². The van der Waals surface area contributed by atoms with Crippen LogP contribution in [-0.2, 0) is 14.6 Å². The van der Waals surface area contributed by atoms with E-state index in [2.05, 4.69) is 23.7 Å². The molecule has 2 N–H and O–H groups in total. The molecule has 0 spiro atoms. The maximum Gasteiger partial charge on any atom is 0.267 e. The molecule has 0 unspecified atom stereocenters. The second kappa shape index (κ2) is 8.39. The van der Waals surface area contributed by atoms with Gasteiger partial charge in [0.05, 0.1) is 12.0 Å². The molecule has 0 aliphatic heterocycles. The van der Waals surface area contributed by atoms with Gasteiger partial charge < -0.3 is 4.74 Å². The van der Waals surface area contributed by atoms with Crippen LogP contribution in [0, 0.1) is 23.7 Å². The molecule has 0 bridgehead atoms. The second-order valence-electron chi connectivity index (χ2n) is 4.82. The summed E-state index contributed by atoms with van der Waals surface area (Å²) >= 11 is 0. The van der Waals surface area contributed by atoms with Crippen molar-refractivity contribution in [2.24, 2.45) is 0 Å². The minimum absolute atomic E-state index is 0.0808. The number of nitrogens with one attached hydrogen (secondary N) is 1. The quantitative estimate of drug-likeness (QED) is 0.462. The predicted molar refractivity (Wildman–Crippen MR) is 89.0 cm³/mol. The van der Waals surface area contributed by atoms with E-state index in [9.17, 15) is 13.2 Å². The van der Waals surface area contributed by atoms with Gasteiger partial charge in [-0.3, -0.25) is 10.0 Å². The van der Waals surface area contributed by atoms with Gasteiger partial charge in [0.2, 0.25) is 0 Å². The van der Waals surface area contributed by atoms with Crippen LogP contribution in [0.1, 0.15) is 26.7 Å². The Morgan fingerprint density at radius 3 is 2.04 bits per heavy atom. The highest BCUT2D eigenvalue weighted by atomic mass is 32.2. The van der Waals surface area contributed by atoms with Gasteiger partial charge >= 0.3 is 0 Å². The average molecular weight is 349 g/mol. The largest absolute Gasteiger partial charge is 0.497 e. The summed E-state index contributed by atoms with van der Waals surface area (Å²) in [5, 5.41) is 9.08. The first-order valence-corrected chi connectivity index (χ1v) is 8.50. The lowest BCUT2D eigenvalue weighted by Gasteiger charge is -2.27. The van der Waals surface area contributed by atoms with E-state index in [4.69, 9.17) is 9.94 Å². The molecule has 0 aliphatic rings. The number of hydroxylamine groups is 1. The monoisotopic (exact) mass is 349 g/mol. The molecule has 128 valence electrons. The molecule has 0 radical (unpaired) electrons. The molecule has 1 aromatic rings. The zero-order chi connectivity index (χ0) is 18.2. The van der Waals surface area contributed by atoms with Gasteiger partial charge in [-0.25, -0.2) is 13.9 Å². The van der Waals surface area contributed by atoms with Gasteiger partial charge in [-0.15, -0.1) is 23.7 Å². The first kappa shape index (κ1) is 19.6. The molecular weight excluding hydrogens is 330 g/mol. The van der Waals surface area contributed by atoms with Crippen molar-refractivity contribution in [3.05, 3.63) is 24.3 Å². The SMILES string of the molecule is CC#CCC(CC#CC)(C(=O)NO)S(=O)(=O)c1ccc(OC)cc1. The van der Waals surface area contributed by atoms with Crippen LogP contribution in [0.4, 0.5) is 0 Å². The Morgan fingerprint density at radius 1 is 1.17 bits per heavy atom. The zero-order valence-electron chi connectivity index (χ0n) is 13.7. The highest BCUT2D eigenvalue weighted by Gasteiger charge is 2.50. The molecule has 1 rings (SSSR count). The summed E-state index contributed by atoms with van der Waals surface area (Å²) in [6.07, 6.45) is -0.585. The molecule has 0 heterocycles. The molecule has 1 amide bonds. The van der Waals surface area contributed by atoms with E-state index in [1.165, 1.54) is 50.7 Å². The van der Waals surface area contributed by atoms with Crippen LogP contribution >= 0.6 is 0 Å². The van der Waals surface area contributed by atoms with Crippen molar-refractivity contribution in [3.63, 3.8) is 0 Å². The molecule has 24 heavy (non-hydrogen) atoms. The number of hydrogen-bond donors (Lipinski definition) is 2. The predicted octanol–water partition coefficient (Wildman–Crippen LogP) is 1.54. The Morgan fingerprint density at radius 2 is 1.67 bits per heavy atom. The molecule has 0 aliphatic carbocycles. The average Bonchev–Trinajstić information content (AvgIpc) is 2.61. The molecule has 6 nitrogen and oxygen atoms in total. The molecular formula is C17H19NO5S. The third kappa shape index (κ3) is 3.70. The van der Waals surface area contributed by atoms with Crippen molar-refractivity contribution in [2.45, 2.75) is 36.3 Å². The Balaban J connectivity index is 3.58. The molecule has 0 aromatic heterocycles. The number of carbonyl (C=O) groups is 1. The third-order valence-corrected chi connectivity index (χ3v) is 5.90. The van der Waals surface area contributed by atoms with E-state index in [0.717, 1.165) is 0 Å². The van der Waals surface area contributed by atoms with Gasteiger partial charge in [0.15, 0.2) is 14.6 Å². The molecule has 0 saturated carbocycles. The number of carbonyl (C=O) groups excluding carboxylic acids is 1. The maximum absolute atomic E-state index is 13.1. The van der Waals surface area contributed by atoms with Gasteiger partial charge in [-0.1, -0.05) is 0 Å². The van der Waals surface area contributed by atoms with E-state index in [1.54, 1.807) is 0 Å². The number of ether oxygens (including phenoxy) is 1. The first-order valence-electron chi connectivity index (χ1n) is 7.02. The lowest BCUT2D eigenvalue weighted by molar-refractivity contribution is -0.131. The highest BCUT2D eigenvalue weighted by Crippen LogP contribution is 2.33. The summed E-state index contributed by atoms with van der Waals surface area (Å²) in [6, 6.07) is 5.63. The van der Waals surface area contributed by atoms with Gasteiger partial charge in [0.25, 0.3) is 5.91 Å². The van der Waals surface area contributed by atoms with E-state index < -0.39 is 20.5 Å². The summed E-state index contributed by atoms with van der Waals surface area (Å²) in [7, 11) is -2.72. The summed E-state index contributed by atoms with van der Waals surface area (Å²) in [5.41, 5.74) is 1.44. The van der Waals surface area contributed by atoms with Crippen molar-refractivity contribution in [1.82, 2.24) is 5.48 Å². The van der Waals surface area contributed by atoms with E-state index in [0.29, 0.717) is 5.75 Å². The van der Waals surface area contributed by atoms with Crippen molar-refractivity contribution in [2.75, 3.05) is 7.11 Å². The number of rotatable bonds is 6. The molecule has 0 saturated heterocycles. The van der Waals surface area contributed by atoms with Crippen LogP contribution in [-0.4, -0.2) is 31.4 Å². The van der Waals surface area contributed by atoms with E-state index in [1.807, 2.05) is 0 Å². The zero-order valence-corrected chi connectivity index (χ0v) is 14.5. The summed E-state index contributed by atoms with van der Waals surface area (Å²) in [5.74, 6) is 9.80.